The lowest BCUT2D eigenvalue weighted by atomic mass is 10.1. The number of carbonyl (C=O) groups is 3. The highest BCUT2D eigenvalue weighted by Crippen LogP contribution is 2.30. The molecule has 0 aliphatic carbocycles. The van der Waals surface area contributed by atoms with E-state index in [-0.39, 0.29) is 18.0 Å². The van der Waals surface area contributed by atoms with E-state index in [4.69, 9.17) is 9.47 Å². The zero-order valence-electron chi connectivity index (χ0n) is 15.0. The number of hydrogen-bond donors (Lipinski definition) is 2. The predicted octanol–water partition coefficient (Wildman–Crippen LogP) is 2.55. The van der Waals surface area contributed by atoms with Gasteiger partial charge >= 0.3 is 6.03 Å². The van der Waals surface area contributed by atoms with Gasteiger partial charge in [0.25, 0.3) is 11.8 Å². The molecule has 2 aromatic rings. The predicted molar refractivity (Wildman–Crippen MR) is 98.0 cm³/mol. The molecule has 0 bridgehead atoms. The molecule has 0 radical (unpaired) electrons. The first-order chi connectivity index (χ1) is 13.5. The molecule has 1 aliphatic heterocycles. The molecule has 0 atom stereocenters. The fourth-order valence-electron chi connectivity index (χ4n) is 2.52. The first-order valence-corrected chi connectivity index (χ1v) is 8.48. The van der Waals surface area contributed by atoms with E-state index in [0.717, 1.165) is 5.56 Å². The Morgan fingerprint density at radius 3 is 2.25 bits per heavy atom. The summed E-state index contributed by atoms with van der Waals surface area (Å²) in [7, 11) is 0. The Morgan fingerprint density at radius 1 is 0.929 bits per heavy atom. The summed E-state index contributed by atoms with van der Waals surface area (Å²) in [6.07, 6.45) is 1.35. The van der Waals surface area contributed by atoms with Gasteiger partial charge in [0.15, 0.2) is 11.5 Å². The van der Waals surface area contributed by atoms with Gasteiger partial charge in [0.1, 0.15) is 18.0 Å². The van der Waals surface area contributed by atoms with E-state index in [0.29, 0.717) is 23.7 Å². The van der Waals surface area contributed by atoms with Crippen LogP contribution in [0.25, 0.3) is 6.08 Å². The van der Waals surface area contributed by atoms with Crippen molar-refractivity contribution in [1.29, 1.82) is 0 Å². The molecule has 0 unspecified atom stereocenters. The zero-order valence-corrected chi connectivity index (χ0v) is 15.0. The third-order valence-electron chi connectivity index (χ3n) is 3.83. The summed E-state index contributed by atoms with van der Waals surface area (Å²) in [6.45, 7) is 2.40. The highest BCUT2D eigenvalue weighted by Gasteiger charge is 2.27. The molecule has 0 aromatic heterocycles. The van der Waals surface area contributed by atoms with Crippen molar-refractivity contribution < 1.29 is 28.2 Å². The maximum absolute atomic E-state index is 13.0. The summed E-state index contributed by atoms with van der Waals surface area (Å²) in [6, 6.07) is 9.99. The van der Waals surface area contributed by atoms with E-state index in [2.05, 4.69) is 0 Å². The van der Waals surface area contributed by atoms with Crippen LogP contribution < -0.4 is 20.1 Å². The van der Waals surface area contributed by atoms with Gasteiger partial charge in [-0.3, -0.25) is 20.2 Å². The van der Waals surface area contributed by atoms with E-state index in [9.17, 15) is 18.8 Å². The lowest BCUT2D eigenvalue weighted by Gasteiger charge is -2.15. The zero-order chi connectivity index (χ0) is 20.1. The number of ether oxygens (including phenoxy) is 2. The average molecular weight is 384 g/mol. The van der Waals surface area contributed by atoms with Crippen molar-refractivity contribution in [2.75, 3.05) is 6.61 Å². The lowest BCUT2D eigenvalue weighted by molar-refractivity contribution is -0.123. The number of hydrogen-bond acceptors (Lipinski definition) is 5. The van der Waals surface area contributed by atoms with Gasteiger partial charge in [-0.2, -0.15) is 0 Å². The van der Waals surface area contributed by atoms with Gasteiger partial charge in [-0.1, -0.05) is 18.2 Å². The van der Waals surface area contributed by atoms with Crippen LogP contribution in [0.3, 0.4) is 0 Å². The Hall–Kier alpha value is -3.68. The van der Waals surface area contributed by atoms with Crippen LogP contribution in [0.4, 0.5) is 9.18 Å². The molecule has 1 saturated heterocycles. The maximum atomic E-state index is 13.0. The summed E-state index contributed by atoms with van der Waals surface area (Å²) in [5.74, 6) is -0.993. The van der Waals surface area contributed by atoms with Crippen LogP contribution in [0.5, 0.6) is 11.5 Å². The van der Waals surface area contributed by atoms with Crippen LogP contribution in [0.2, 0.25) is 0 Å². The number of nitrogens with one attached hydrogen (secondary N) is 2. The molecule has 2 aromatic carbocycles. The minimum absolute atomic E-state index is 0.193. The van der Waals surface area contributed by atoms with Crippen molar-refractivity contribution in [3.63, 3.8) is 0 Å². The van der Waals surface area contributed by atoms with Gasteiger partial charge in [0.2, 0.25) is 0 Å². The molecular formula is C20H17FN2O5. The average Bonchev–Trinajstić information content (AvgIpc) is 2.65. The first kappa shape index (κ1) is 19.1. The normalized spacial score (nSPS) is 13.6. The van der Waals surface area contributed by atoms with Crippen molar-refractivity contribution in [3.05, 3.63) is 65.0 Å². The standard InChI is InChI=1S/C20H17FN2O5/c1-2-27-17-10-13(9-15-18(24)22-20(26)23-19(15)25)5-8-16(17)28-11-12-3-6-14(21)7-4-12/h3-10H,2,11H2,1H3,(H2,22,23,24,25,26). The van der Waals surface area contributed by atoms with Gasteiger partial charge in [-0.15, -0.1) is 0 Å². The molecule has 3 rings (SSSR count). The van der Waals surface area contributed by atoms with E-state index >= 15 is 0 Å². The molecule has 7 nitrogen and oxygen atoms in total. The molecule has 4 amide bonds. The number of urea groups is 1. The monoisotopic (exact) mass is 384 g/mol. The molecular weight excluding hydrogens is 367 g/mol. The number of imide groups is 2. The van der Waals surface area contributed by atoms with Gasteiger partial charge in [0.05, 0.1) is 6.61 Å². The number of carbonyl (C=O) groups excluding carboxylic acids is 3. The second-order valence-electron chi connectivity index (χ2n) is 5.85. The summed E-state index contributed by atoms with van der Waals surface area (Å²) >= 11 is 0. The van der Waals surface area contributed by atoms with Crippen LogP contribution in [0.1, 0.15) is 18.1 Å². The summed E-state index contributed by atoms with van der Waals surface area (Å²) < 4.78 is 24.3. The Balaban J connectivity index is 1.81. The number of rotatable bonds is 6. The Labute approximate surface area is 160 Å². The minimum Gasteiger partial charge on any atom is -0.490 e. The fourth-order valence-corrected chi connectivity index (χ4v) is 2.52. The maximum Gasteiger partial charge on any atom is 0.328 e. The first-order valence-electron chi connectivity index (χ1n) is 8.48. The Bertz CT molecular complexity index is 932. The van der Waals surface area contributed by atoms with Crippen LogP contribution >= 0.6 is 0 Å². The van der Waals surface area contributed by atoms with Crippen LogP contribution in [0.15, 0.2) is 48.0 Å². The van der Waals surface area contributed by atoms with Crippen molar-refractivity contribution in [2.45, 2.75) is 13.5 Å². The molecule has 1 fully saturated rings. The third kappa shape index (κ3) is 4.53. The quantitative estimate of drug-likeness (QED) is 0.590. The largest absolute Gasteiger partial charge is 0.490 e. The number of halogens is 1. The van der Waals surface area contributed by atoms with E-state index in [1.54, 1.807) is 30.3 Å². The van der Waals surface area contributed by atoms with Crippen molar-refractivity contribution >= 4 is 23.9 Å². The SMILES string of the molecule is CCOc1cc(C=C2C(=O)NC(=O)NC2=O)ccc1OCc1ccc(F)cc1. The number of benzene rings is 2. The van der Waals surface area contributed by atoms with Crippen molar-refractivity contribution in [3.8, 4) is 11.5 Å². The summed E-state index contributed by atoms with van der Waals surface area (Å²) in [4.78, 5) is 34.8. The third-order valence-corrected chi connectivity index (χ3v) is 3.83. The highest BCUT2D eigenvalue weighted by molar-refractivity contribution is 6.31. The highest BCUT2D eigenvalue weighted by atomic mass is 19.1. The molecule has 1 aliphatic rings. The smallest absolute Gasteiger partial charge is 0.328 e. The molecule has 0 spiro atoms. The Morgan fingerprint density at radius 2 is 1.61 bits per heavy atom. The minimum atomic E-state index is -0.855. The second kappa shape index (κ2) is 8.34. The van der Waals surface area contributed by atoms with Gasteiger partial charge in [-0.05, 0) is 48.4 Å². The molecule has 0 saturated carbocycles. The summed E-state index contributed by atoms with van der Waals surface area (Å²) in [5, 5.41) is 4.03. The van der Waals surface area contributed by atoms with E-state index in [1.807, 2.05) is 17.6 Å². The fraction of sp³-hybridized carbons (Fsp3) is 0.150. The van der Waals surface area contributed by atoms with Gasteiger partial charge in [-0.25, -0.2) is 9.18 Å². The Kier molecular flexibility index (Phi) is 5.69. The van der Waals surface area contributed by atoms with E-state index in [1.165, 1.54) is 18.2 Å². The van der Waals surface area contributed by atoms with Crippen LogP contribution in [-0.4, -0.2) is 24.5 Å². The molecule has 1 heterocycles. The van der Waals surface area contributed by atoms with Gasteiger partial charge < -0.3 is 9.47 Å². The molecule has 8 heteroatoms. The number of barbiturate groups is 1. The van der Waals surface area contributed by atoms with Crippen molar-refractivity contribution in [1.82, 2.24) is 10.6 Å². The number of amides is 4. The van der Waals surface area contributed by atoms with Crippen LogP contribution in [-0.2, 0) is 16.2 Å². The van der Waals surface area contributed by atoms with Crippen molar-refractivity contribution in [2.24, 2.45) is 0 Å². The van der Waals surface area contributed by atoms with Crippen LogP contribution in [0, 0.1) is 5.82 Å². The molecule has 2 N–H and O–H groups in total. The van der Waals surface area contributed by atoms with E-state index < -0.39 is 17.8 Å². The second-order valence-corrected chi connectivity index (χ2v) is 5.85. The molecule has 28 heavy (non-hydrogen) atoms. The topological polar surface area (TPSA) is 93.7 Å². The summed E-state index contributed by atoms with van der Waals surface area (Å²) in [5.41, 5.74) is 1.12. The lowest BCUT2D eigenvalue weighted by Crippen LogP contribution is -2.51. The molecule has 144 valence electrons. The van der Waals surface area contributed by atoms with Gasteiger partial charge in [0, 0.05) is 0 Å².